The highest BCUT2D eigenvalue weighted by atomic mass is 16.5. The second-order valence-corrected chi connectivity index (χ2v) is 5.72. The van der Waals surface area contributed by atoms with E-state index in [1.165, 1.54) is 6.42 Å². The number of imide groups is 1. The predicted octanol–water partition coefficient (Wildman–Crippen LogP) is 1.24. The first-order valence-corrected chi connectivity index (χ1v) is 7.03. The molecule has 0 spiro atoms. The molecule has 4 rings (SSSR count). The van der Waals surface area contributed by atoms with Crippen LogP contribution < -0.4 is 0 Å². The number of hydrazone groups is 1. The molecule has 1 saturated carbocycles. The van der Waals surface area contributed by atoms with Crippen LogP contribution in [0.3, 0.4) is 0 Å². The van der Waals surface area contributed by atoms with Crippen LogP contribution in [-0.4, -0.2) is 34.7 Å². The maximum absolute atomic E-state index is 12.3. The van der Waals surface area contributed by atoms with Gasteiger partial charge in [-0.15, -0.1) is 0 Å². The summed E-state index contributed by atoms with van der Waals surface area (Å²) >= 11 is 0. The minimum atomic E-state index is -0.338. The Labute approximate surface area is 111 Å². The van der Waals surface area contributed by atoms with Crippen LogP contribution in [0.5, 0.6) is 0 Å². The fourth-order valence-corrected chi connectivity index (χ4v) is 3.59. The quantitative estimate of drug-likeness (QED) is 0.526. The van der Waals surface area contributed by atoms with Crippen LogP contribution >= 0.6 is 0 Å². The molecule has 0 radical (unpaired) electrons. The Kier molecular flexibility index (Phi) is 2.39. The van der Waals surface area contributed by atoms with E-state index in [0.29, 0.717) is 0 Å². The maximum atomic E-state index is 12.3. The third kappa shape index (κ3) is 1.54. The molecule has 2 bridgehead atoms. The van der Waals surface area contributed by atoms with Gasteiger partial charge >= 0.3 is 0 Å². The van der Waals surface area contributed by atoms with Gasteiger partial charge in [0.25, 0.3) is 11.8 Å². The van der Waals surface area contributed by atoms with Crippen molar-refractivity contribution >= 4 is 17.5 Å². The summed E-state index contributed by atoms with van der Waals surface area (Å²) in [7, 11) is 0. The Balaban J connectivity index is 1.62. The molecule has 3 fully saturated rings. The van der Waals surface area contributed by atoms with Gasteiger partial charge in [-0.25, -0.2) is 0 Å². The number of hydrogen-bond acceptors (Lipinski definition) is 4. The van der Waals surface area contributed by atoms with E-state index in [1.807, 2.05) is 12.2 Å². The number of rotatable bonds is 1. The summed E-state index contributed by atoms with van der Waals surface area (Å²) in [6, 6.07) is 0. The molecule has 5 heteroatoms. The van der Waals surface area contributed by atoms with Gasteiger partial charge < -0.3 is 4.74 Å². The highest BCUT2D eigenvalue weighted by Crippen LogP contribution is 2.45. The summed E-state index contributed by atoms with van der Waals surface area (Å²) < 4.78 is 5.59. The Morgan fingerprint density at radius 1 is 1.00 bits per heavy atom. The molecule has 0 N–H and O–H groups in total. The number of fused-ring (bicyclic) bond motifs is 5. The average molecular weight is 260 g/mol. The van der Waals surface area contributed by atoms with Gasteiger partial charge in [0.15, 0.2) is 0 Å². The van der Waals surface area contributed by atoms with E-state index in [9.17, 15) is 9.59 Å². The Morgan fingerprint density at radius 2 is 1.58 bits per heavy atom. The standard InChI is InChI=1S/C14H16N2O3/c17-13-11-9-6-7-10(19-9)12(11)14(18)16(13)15-8-4-2-1-3-5-8/h6-7,9-12H,1-5H2/t9-,10+,11-,12-/m0/s1. The average Bonchev–Trinajstić information content (AvgIpc) is 3.10. The van der Waals surface area contributed by atoms with Gasteiger partial charge in [0.2, 0.25) is 0 Å². The lowest BCUT2D eigenvalue weighted by atomic mass is 9.85. The van der Waals surface area contributed by atoms with Crippen LogP contribution in [0.15, 0.2) is 17.3 Å². The first kappa shape index (κ1) is 11.3. The summed E-state index contributed by atoms with van der Waals surface area (Å²) in [4.78, 5) is 24.7. The molecule has 4 aliphatic rings. The zero-order chi connectivity index (χ0) is 13.0. The fraction of sp³-hybridized carbons (Fsp3) is 0.643. The molecule has 5 nitrogen and oxygen atoms in total. The van der Waals surface area contributed by atoms with Crippen molar-refractivity contribution < 1.29 is 14.3 Å². The predicted molar refractivity (Wildman–Crippen MR) is 67.2 cm³/mol. The molecule has 3 aliphatic heterocycles. The summed E-state index contributed by atoms with van der Waals surface area (Å²) in [6.07, 6.45) is 8.61. The largest absolute Gasteiger partial charge is 0.365 e. The van der Waals surface area contributed by atoms with Crippen LogP contribution in [0.25, 0.3) is 0 Å². The zero-order valence-corrected chi connectivity index (χ0v) is 10.6. The first-order chi connectivity index (χ1) is 9.25. The lowest BCUT2D eigenvalue weighted by Gasteiger charge is -2.17. The third-order valence-corrected chi connectivity index (χ3v) is 4.56. The van der Waals surface area contributed by atoms with E-state index >= 15 is 0 Å². The second kappa shape index (κ2) is 4.00. The zero-order valence-electron chi connectivity index (χ0n) is 10.6. The first-order valence-electron chi connectivity index (χ1n) is 7.03. The molecule has 1 aliphatic carbocycles. The molecule has 0 aromatic carbocycles. The minimum absolute atomic E-state index is 0.176. The van der Waals surface area contributed by atoms with E-state index in [1.54, 1.807) is 0 Å². The number of ether oxygens (including phenoxy) is 1. The van der Waals surface area contributed by atoms with Crippen molar-refractivity contribution in [1.29, 1.82) is 0 Å². The van der Waals surface area contributed by atoms with E-state index < -0.39 is 0 Å². The molecule has 3 heterocycles. The van der Waals surface area contributed by atoms with Gasteiger partial charge in [-0.05, 0) is 25.7 Å². The minimum Gasteiger partial charge on any atom is -0.365 e. The van der Waals surface area contributed by atoms with Crippen molar-refractivity contribution in [2.24, 2.45) is 16.9 Å². The highest BCUT2D eigenvalue weighted by Gasteiger charge is 2.61. The number of carbonyl (C=O) groups excluding carboxylic acids is 2. The molecule has 4 atom stereocenters. The Morgan fingerprint density at radius 3 is 2.16 bits per heavy atom. The summed E-state index contributed by atoms with van der Waals surface area (Å²) in [5.41, 5.74) is 0.995. The molecule has 19 heavy (non-hydrogen) atoms. The van der Waals surface area contributed by atoms with Crippen molar-refractivity contribution in [3.05, 3.63) is 12.2 Å². The van der Waals surface area contributed by atoms with Crippen molar-refractivity contribution in [2.75, 3.05) is 0 Å². The third-order valence-electron chi connectivity index (χ3n) is 4.56. The Bertz CT molecular complexity index is 473. The van der Waals surface area contributed by atoms with Crippen LogP contribution in [-0.2, 0) is 14.3 Å². The van der Waals surface area contributed by atoms with E-state index in [0.717, 1.165) is 36.4 Å². The SMILES string of the molecule is O=C1[C@@H]2[C@@H](C(=O)N1N=C1CCCCC1)[C@H]1C=C[C@@H]2O1. The summed E-state index contributed by atoms with van der Waals surface area (Å²) in [5.74, 6) is -1.03. The molecular weight excluding hydrogens is 244 g/mol. The van der Waals surface area contributed by atoms with Gasteiger partial charge in [-0.3, -0.25) is 9.59 Å². The molecule has 0 aromatic rings. The van der Waals surface area contributed by atoms with Crippen LogP contribution in [0, 0.1) is 11.8 Å². The highest BCUT2D eigenvalue weighted by molar-refractivity contribution is 6.07. The lowest BCUT2D eigenvalue weighted by molar-refractivity contribution is -0.142. The number of nitrogens with zero attached hydrogens (tertiary/aromatic N) is 2. The monoisotopic (exact) mass is 260 g/mol. The maximum Gasteiger partial charge on any atom is 0.256 e. The van der Waals surface area contributed by atoms with Gasteiger partial charge in [0, 0.05) is 5.71 Å². The fourth-order valence-electron chi connectivity index (χ4n) is 3.59. The van der Waals surface area contributed by atoms with Crippen LogP contribution in [0.1, 0.15) is 32.1 Å². The molecule has 2 amide bonds. The summed E-state index contributed by atoms with van der Waals surface area (Å²) in [5, 5.41) is 5.47. The lowest BCUT2D eigenvalue weighted by Crippen LogP contribution is -2.31. The molecule has 2 saturated heterocycles. The number of hydrogen-bond donors (Lipinski definition) is 0. The molecular formula is C14H16N2O3. The van der Waals surface area contributed by atoms with Crippen molar-refractivity contribution in [3.8, 4) is 0 Å². The van der Waals surface area contributed by atoms with E-state index in [2.05, 4.69) is 5.10 Å². The number of carbonyl (C=O) groups is 2. The van der Waals surface area contributed by atoms with Crippen molar-refractivity contribution in [1.82, 2.24) is 5.01 Å². The topological polar surface area (TPSA) is 59.0 Å². The Hall–Kier alpha value is -1.49. The van der Waals surface area contributed by atoms with Crippen LogP contribution in [0.4, 0.5) is 0 Å². The van der Waals surface area contributed by atoms with Crippen molar-refractivity contribution in [2.45, 2.75) is 44.3 Å². The molecule has 0 unspecified atom stereocenters. The van der Waals surface area contributed by atoms with Crippen LogP contribution in [0.2, 0.25) is 0 Å². The van der Waals surface area contributed by atoms with E-state index in [-0.39, 0.29) is 35.9 Å². The van der Waals surface area contributed by atoms with Gasteiger partial charge in [-0.2, -0.15) is 10.1 Å². The van der Waals surface area contributed by atoms with Gasteiger partial charge in [0.1, 0.15) is 0 Å². The summed E-state index contributed by atoms with van der Waals surface area (Å²) in [6.45, 7) is 0. The van der Waals surface area contributed by atoms with Crippen molar-refractivity contribution in [3.63, 3.8) is 0 Å². The number of amides is 2. The molecule has 100 valence electrons. The van der Waals surface area contributed by atoms with E-state index in [4.69, 9.17) is 4.74 Å². The normalized spacial score (nSPS) is 40.2. The van der Waals surface area contributed by atoms with Gasteiger partial charge in [0.05, 0.1) is 24.0 Å². The smallest absolute Gasteiger partial charge is 0.256 e. The second-order valence-electron chi connectivity index (χ2n) is 5.72. The van der Waals surface area contributed by atoms with Gasteiger partial charge in [-0.1, -0.05) is 18.6 Å². The molecule has 0 aromatic heterocycles.